The average molecular weight is 399 g/mol. The number of nitrogens with one attached hydrogen (secondary N) is 1. The van der Waals surface area contributed by atoms with Crippen molar-refractivity contribution < 1.29 is 22.1 Å². The van der Waals surface area contributed by atoms with Gasteiger partial charge in [-0.3, -0.25) is 14.8 Å². The third-order valence-electron chi connectivity index (χ3n) is 2.33. The van der Waals surface area contributed by atoms with Crippen LogP contribution in [0.5, 0.6) is 0 Å². The molecule has 0 amide bonds. The molecule has 21 heavy (non-hydrogen) atoms. The highest BCUT2D eigenvalue weighted by Gasteiger charge is 2.28. The van der Waals surface area contributed by atoms with Crippen molar-refractivity contribution in [3.8, 4) is 0 Å². The average Bonchev–Trinajstić information content (AvgIpc) is 2.81. The maximum absolute atomic E-state index is 13.7. The van der Waals surface area contributed by atoms with Crippen molar-refractivity contribution in [1.82, 2.24) is 0 Å². The van der Waals surface area contributed by atoms with E-state index >= 15 is 0 Å². The van der Waals surface area contributed by atoms with E-state index in [0.717, 1.165) is 11.3 Å². The molecule has 0 aliphatic rings. The van der Waals surface area contributed by atoms with E-state index in [9.17, 15) is 27.3 Å². The van der Waals surface area contributed by atoms with Gasteiger partial charge in [0.15, 0.2) is 21.5 Å². The van der Waals surface area contributed by atoms with Gasteiger partial charge in [-0.15, -0.1) is 11.3 Å². The number of nitrogens with zero attached hydrogens (tertiary/aromatic N) is 1. The Labute approximate surface area is 129 Å². The van der Waals surface area contributed by atoms with Gasteiger partial charge in [-0.05, 0) is 33.4 Å². The van der Waals surface area contributed by atoms with Crippen molar-refractivity contribution in [2.75, 3.05) is 4.72 Å². The molecule has 0 aliphatic heterocycles. The van der Waals surface area contributed by atoms with Crippen molar-refractivity contribution in [1.29, 1.82) is 0 Å². The monoisotopic (exact) mass is 398 g/mol. The smallest absolute Gasteiger partial charge is 0.270 e. The van der Waals surface area contributed by atoms with Crippen molar-refractivity contribution in [2.45, 2.75) is 4.21 Å². The van der Waals surface area contributed by atoms with Crippen LogP contribution in [0.3, 0.4) is 0 Å². The van der Waals surface area contributed by atoms with E-state index in [0.29, 0.717) is 12.1 Å². The molecule has 2 rings (SSSR count). The Morgan fingerprint density at radius 2 is 1.95 bits per heavy atom. The first-order valence-electron chi connectivity index (χ1n) is 5.12. The fourth-order valence-electron chi connectivity index (χ4n) is 1.44. The molecule has 0 unspecified atom stereocenters. The zero-order chi connectivity index (χ0) is 15.8. The molecule has 0 atom stereocenters. The van der Waals surface area contributed by atoms with E-state index in [1.165, 1.54) is 11.4 Å². The van der Waals surface area contributed by atoms with Crippen molar-refractivity contribution in [3.63, 3.8) is 0 Å². The fraction of sp³-hybridized carbons (Fsp3) is 0. The Kier molecular flexibility index (Phi) is 4.25. The van der Waals surface area contributed by atoms with Crippen LogP contribution in [0.25, 0.3) is 0 Å². The van der Waals surface area contributed by atoms with E-state index in [4.69, 9.17) is 0 Å². The summed E-state index contributed by atoms with van der Waals surface area (Å²) in [7, 11) is -4.29. The van der Waals surface area contributed by atoms with E-state index in [2.05, 4.69) is 15.9 Å². The number of hydrogen-bond donors (Lipinski definition) is 1. The van der Waals surface area contributed by atoms with Crippen LogP contribution in [-0.4, -0.2) is 13.3 Å². The minimum Gasteiger partial charge on any atom is -0.270 e. The molecule has 0 fully saturated rings. The Morgan fingerprint density at radius 1 is 1.29 bits per heavy atom. The van der Waals surface area contributed by atoms with Gasteiger partial charge >= 0.3 is 0 Å². The summed E-state index contributed by atoms with van der Waals surface area (Å²) in [5.74, 6) is -3.04. The summed E-state index contributed by atoms with van der Waals surface area (Å²) < 4.78 is 52.7. The van der Waals surface area contributed by atoms with E-state index in [1.807, 2.05) is 0 Å². The van der Waals surface area contributed by atoms with Crippen LogP contribution in [0.2, 0.25) is 0 Å². The number of halogens is 3. The number of rotatable bonds is 4. The minimum atomic E-state index is -4.29. The van der Waals surface area contributed by atoms with Crippen LogP contribution in [0, 0.1) is 21.7 Å². The summed E-state index contributed by atoms with van der Waals surface area (Å²) in [4.78, 5) is 9.79. The second-order valence-electron chi connectivity index (χ2n) is 3.67. The first-order chi connectivity index (χ1) is 9.74. The normalized spacial score (nSPS) is 11.4. The first-order valence-corrected chi connectivity index (χ1v) is 8.28. The molecule has 2 aromatic rings. The van der Waals surface area contributed by atoms with Gasteiger partial charge in [0.05, 0.1) is 4.92 Å². The van der Waals surface area contributed by atoms with Crippen molar-refractivity contribution >= 4 is 48.7 Å². The van der Waals surface area contributed by atoms with Gasteiger partial charge in [-0.25, -0.2) is 17.2 Å². The molecule has 0 saturated heterocycles. The van der Waals surface area contributed by atoms with Crippen LogP contribution in [-0.2, 0) is 10.0 Å². The number of sulfonamides is 1. The molecule has 112 valence electrons. The molecule has 0 aliphatic carbocycles. The van der Waals surface area contributed by atoms with Gasteiger partial charge < -0.3 is 0 Å². The summed E-state index contributed by atoms with van der Waals surface area (Å²) in [6.45, 7) is 0. The van der Waals surface area contributed by atoms with E-state index in [-0.39, 0.29) is 8.68 Å². The van der Waals surface area contributed by atoms with Crippen LogP contribution in [0.4, 0.5) is 20.2 Å². The van der Waals surface area contributed by atoms with Gasteiger partial charge in [0.2, 0.25) is 0 Å². The van der Waals surface area contributed by atoms with E-state index in [1.54, 1.807) is 4.72 Å². The predicted molar refractivity (Wildman–Crippen MR) is 75.8 cm³/mol. The number of benzene rings is 1. The van der Waals surface area contributed by atoms with Gasteiger partial charge in [-0.2, -0.15) is 0 Å². The molecular formula is C10H5BrF2N2O4S2. The third kappa shape index (κ3) is 3.04. The maximum Gasteiger partial charge on any atom is 0.296 e. The third-order valence-corrected chi connectivity index (χ3v) is 6.35. The van der Waals surface area contributed by atoms with Crippen LogP contribution < -0.4 is 4.72 Å². The summed E-state index contributed by atoms with van der Waals surface area (Å²) in [6.07, 6.45) is 0. The standard InChI is InChI=1S/C10H5BrF2N2O4S2/c11-5-3-4-20-10(5)21(18,19)14-9-7(15(16)17)2-1-6(12)8(9)13/h1-4,14H. The quantitative estimate of drug-likeness (QED) is 0.630. The van der Waals surface area contributed by atoms with Crippen LogP contribution in [0.1, 0.15) is 0 Å². The highest BCUT2D eigenvalue weighted by atomic mass is 79.9. The lowest BCUT2D eigenvalue weighted by Crippen LogP contribution is -2.15. The van der Waals surface area contributed by atoms with Gasteiger partial charge in [-0.1, -0.05) is 0 Å². The molecule has 1 heterocycles. The highest BCUT2D eigenvalue weighted by Crippen LogP contribution is 2.34. The number of anilines is 1. The molecular weight excluding hydrogens is 394 g/mol. The van der Waals surface area contributed by atoms with E-state index < -0.39 is 38.0 Å². The fourth-order valence-corrected chi connectivity index (χ4v) is 4.86. The number of thiophene rings is 1. The molecule has 6 nitrogen and oxygen atoms in total. The zero-order valence-electron chi connectivity index (χ0n) is 9.84. The second kappa shape index (κ2) is 5.66. The van der Waals surface area contributed by atoms with Gasteiger partial charge in [0.1, 0.15) is 0 Å². The lowest BCUT2D eigenvalue weighted by molar-refractivity contribution is -0.384. The SMILES string of the molecule is O=[N+]([O-])c1ccc(F)c(F)c1NS(=O)(=O)c1sccc1Br. The summed E-state index contributed by atoms with van der Waals surface area (Å²) in [5, 5.41) is 12.3. The Hall–Kier alpha value is -1.59. The minimum absolute atomic E-state index is 0.208. The lowest BCUT2D eigenvalue weighted by atomic mass is 10.2. The maximum atomic E-state index is 13.7. The predicted octanol–water partition coefficient (Wildman–Crippen LogP) is 3.50. The molecule has 1 N–H and O–H groups in total. The number of nitro benzene ring substituents is 1. The molecule has 0 spiro atoms. The zero-order valence-corrected chi connectivity index (χ0v) is 13.1. The Morgan fingerprint density at radius 3 is 2.48 bits per heavy atom. The second-order valence-corrected chi connectivity index (χ2v) is 7.32. The van der Waals surface area contributed by atoms with Crippen molar-refractivity contribution in [3.05, 3.63) is 49.8 Å². The number of nitro groups is 1. The van der Waals surface area contributed by atoms with Crippen molar-refractivity contribution in [2.24, 2.45) is 0 Å². The summed E-state index contributed by atoms with van der Waals surface area (Å²) in [6, 6.07) is 2.67. The topological polar surface area (TPSA) is 89.3 Å². The molecule has 0 radical (unpaired) electrons. The van der Waals surface area contributed by atoms with Crippen LogP contribution in [0.15, 0.2) is 32.3 Å². The highest BCUT2D eigenvalue weighted by molar-refractivity contribution is 9.10. The largest absolute Gasteiger partial charge is 0.296 e. The summed E-state index contributed by atoms with van der Waals surface area (Å²) in [5.41, 5.74) is -1.93. The first kappa shape index (κ1) is 15.8. The van der Waals surface area contributed by atoms with Gasteiger partial charge in [0, 0.05) is 10.5 Å². The Balaban J connectivity index is 2.56. The lowest BCUT2D eigenvalue weighted by Gasteiger charge is -2.09. The molecule has 1 aromatic carbocycles. The number of hydrogen-bond acceptors (Lipinski definition) is 5. The molecule has 11 heteroatoms. The Bertz CT molecular complexity index is 822. The van der Waals surface area contributed by atoms with Gasteiger partial charge in [0.25, 0.3) is 15.7 Å². The molecule has 1 aromatic heterocycles. The summed E-state index contributed by atoms with van der Waals surface area (Å²) >= 11 is 3.80. The van der Waals surface area contributed by atoms with Crippen LogP contribution >= 0.6 is 27.3 Å². The molecule has 0 bridgehead atoms. The molecule has 0 saturated carbocycles.